The number of benzene rings is 1. The van der Waals surface area contributed by atoms with Crippen molar-refractivity contribution in [2.45, 2.75) is 64.3 Å². The molecule has 1 aromatic rings. The highest BCUT2D eigenvalue weighted by Gasteiger charge is 2.39. The number of carbonyl (C=O) groups excluding carboxylic acids is 2. The lowest BCUT2D eigenvalue weighted by molar-refractivity contribution is -0.141. The first-order chi connectivity index (χ1) is 14.6. The number of carbonyl (C=O) groups is 2. The third-order valence-electron chi connectivity index (χ3n) is 6.96. The van der Waals surface area contributed by atoms with E-state index >= 15 is 0 Å². The monoisotopic (exact) mass is 413 g/mol. The fraction of sp³-hybridized carbons (Fsp3) is 0.680. The molecule has 2 fully saturated rings. The van der Waals surface area contributed by atoms with E-state index in [0.717, 1.165) is 64.0 Å². The Labute approximate surface area is 182 Å². The quantitative estimate of drug-likeness (QED) is 0.652. The minimum Gasteiger partial charge on any atom is -0.344 e. The maximum Gasteiger partial charge on any atom is 0.239 e. The molecule has 1 aromatic carbocycles. The molecule has 2 aliphatic rings. The zero-order chi connectivity index (χ0) is 21.5. The SMILES string of the molecule is CCCN(C)C(=O)[C@@H](C1CCCC1)N1CCN(C(=O)[C@@H](CC)c2ccccc2)CC1. The highest BCUT2D eigenvalue weighted by atomic mass is 16.2. The average Bonchev–Trinajstić information content (AvgIpc) is 3.30. The number of nitrogens with zero attached hydrogens (tertiary/aromatic N) is 3. The zero-order valence-corrected chi connectivity index (χ0v) is 19.1. The first kappa shape index (κ1) is 22.8. The summed E-state index contributed by atoms with van der Waals surface area (Å²) < 4.78 is 0. The van der Waals surface area contributed by atoms with E-state index in [0.29, 0.717) is 5.92 Å². The second-order valence-corrected chi connectivity index (χ2v) is 8.98. The van der Waals surface area contributed by atoms with Crippen LogP contribution in [-0.2, 0) is 9.59 Å². The summed E-state index contributed by atoms with van der Waals surface area (Å²) >= 11 is 0. The van der Waals surface area contributed by atoms with E-state index < -0.39 is 0 Å². The van der Waals surface area contributed by atoms with Crippen molar-refractivity contribution < 1.29 is 9.59 Å². The Bertz CT molecular complexity index is 679. The van der Waals surface area contributed by atoms with Gasteiger partial charge in [-0.05, 0) is 37.2 Å². The number of piperazine rings is 1. The maximum absolute atomic E-state index is 13.3. The molecule has 0 spiro atoms. The lowest BCUT2D eigenvalue weighted by atomic mass is 9.93. The highest BCUT2D eigenvalue weighted by molar-refractivity contribution is 5.84. The van der Waals surface area contributed by atoms with Crippen LogP contribution in [0.5, 0.6) is 0 Å². The van der Waals surface area contributed by atoms with E-state index in [4.69, 9.17) is 0 Å². The van der Waals surface area contributed by atoms with Gasteiger partial charge in [0.15, 0.2) is 0 Å². The zero-order valence-electron chi connectivity index (χ0n) is 19.1. The summed E-state index contributed by atoms with van der Waals surface area (Å²) in [4.78, 5) is 32.8. The fourth-order valence-corrected chi connectivity index (χ4v) is 5.28. The maximum atomic E-state index is 13.3. The van der Waals surface area contributed by atoms with Crippen LogP contribution in [0.25, 0.3) is 0 Å². The summed E-state index contributed by atoms with van der Waals surface area (Å²) in [6.07, 6.45) is 6.58. The molecule has 1 heterocycles. The Hall–Kier alpha value is -1.88. The molecule has 1 saturated carbocycles. The Morgan fingerprint density at radius 1 is 1.03 bits per heavy atom. The molecule has 2 amide bonds. The molecule has 0 bridgehead atoms. The van der Waals surface area contributed by atoms with Crippen molar-refractivity contribution in [1.82, 2.24) is 14.7 Å². The molecule has 30 heavy (non-hydrogen) atoms. The molecule has 1 aliphatic carbocycles. The normalized spacial score (nSPS) is 20.2. The van der Waals surface area contributed by atoms with E-state index in [1.54, 1.807) is 0 Å². The first-order valence-electron chi connectivity index (χ1n) is 11.9. The molecule has 1 saturated heterocycles. The van der Waals surface area contributed by atoms with Gasteiger partial charge in [-0.3, -0.25) is 14.5 Å². The molecule has 1 aliphatic heterocycles. The van der Waals surface area contributed by atoms with Gasteiger partial charge in [-0.2, -0.15) is 0 Å². The van der Waals surface area contributed by atoms with Crippen LogP contribution in [-0.4, -0.2) is 72.3 Å². The third kappa shape index (κ3) is 5.23. The Kier molecular flexibility index (Phi) is 8.32. The minimum atomic E-state index is -0.0688. The second-order valence-electron chi connectivity index (χ2n) is 8.98. The van der Waals surface area contributed by atoms with Crippen molar-refractivity contribution in [3.05, 3.63) is 35.9 Å². The van der Waals surface area contributed by atoms with E-state index in [1.165, 1.54) is 12.8 Å². The van der Waals surface area contributed by atoms with Crippen LogP contribution in [0.3, 0.4) is 0 Å². The summed E-state index contributed by atoms with van der Waals surface area (Å²) in [7, 11) is 1.94. The van der Waals surface area contributed by atoms with E-state index in [2.05, 4.69) is 30.9 Å². The molecular weight excluding hydrogens is 374 g/mol. The molecule has 3 rings (SSSR count). The van der Waals surface area contributed by atoms with Crippen LogP contribution >= 0.6 is 0 Å². The standard InChI is InChI=1S/C25H39N3O2/c1-4-15-26(3)25(30)23(21-13-9-10-14-21)27-16-18-28(19-17-27)24(29)22(5-2)20-11-7-6-8-12-20/h6-8,11-12,21-23H,4-5,9-10,13-19H2,1-3H3/t22-,23+/m0/s1. The van der Waals surface area contributed by atoms with Crippen LogP contribution < -0.4 is 0 Å². The number of hydrogen-bond donors (Lipinski definition) is 0. The van der Waals surface area contributed by atoms with Gasteiger partial charge in [0.1, 0.15) is 0 Å². The van der Waals surface area contributed by atoms with Gasteiger partial charge in [-0.15, -0.1) is 0 Å². The van der Waals surface area contributed by atoms with Gasteiger partial charge >= 0.3 is 0 Å². The number of hydrogen-bond acceptors (Lipinski definition) is 3. The fourth-order valence-electron chi connectivity index (χ4n) is 5.28. The van der Waals surface area contributed by atoms with Crippen molar-refractivity contribution in [2.75, 3.05) is 39.8 Å². The molecule has 0 N–H and O–H groups in total. The van der Waals surface area contributed by atoms with Crippen LogP contribution in [0.15, 0.2) is 30.3 Å². The molecule has 5 heteroatoms. The summed E-state index contributed by atoms with van der Waals surface area (Å²) in [6.45, 7) is 8.05. The summed E-state index contributed by atoms with van der Waals surface area (Å²) in [6, 6.07) is 10.1. The van der Waals surface area contributed by atoms with Gasteiger partial charge in [0, 0.05) is 39.8 Å². The number of amides is 2. The summed E-state index contributed by atoms with van der Waals surface area (Å²) in [5.74, 6) is 0.905. The number of likely N-dealkylation sites (N-methyl/N-ethyl adjacent to an activating group) is 1. The van der Waals surface area contributed by atoms with E-state index in [9.17, 15) is 9.59 Å². The van der Waals surface area contributed by atoms with Crippen LogP contribution in [0.4, 0.5) is 0 Å². The summed E-state index contributed by atoms with van der Waals surface area (Å²) in [5, 5.41) is 0. The molecular formula is C25H39N3O2. The number of rotatable bonds is 8. The van der Waals surface area contributed by atoms with Gasteiger partial charge in [-0.25, -0.2) is 0 Å². The van der Waals surface area contributed by atoms with E-state index in [1.807, 2.05) is 35.0 Å². The smallest absolute Gasteiger partial charge is 0.239 e. The Balaban J connectivity index is 1.65. The average molecular weight is 414 g/mol. The predicted octanol–water partition coefficient (Wildman–Crippen LogP) is 3.75. The van der Waals surface area contributed by atoms with Crippen molar-refractivity contribution >= 4 is 11.8 Å². The van der Waals surface area contributed by atoms with E-state index in [-0.39, 0.29) is 23.8 Å². The van der Waals surface area contributed by atoms with Gasteiger partial charge in [-0.1, -0.05) is 57.0 Å². The third-order valence-corrected chi connectivity index (χ3v) is 6.96. The highest BCUT2D eigenvalue weighted by Crippen LogP contribution is 2.32. The lowest BCUT2D eigenvalue weighted by Crippen LogP contribution is -2.58. The molecule has 0 radical (unpaired) electrons. The van der Waals surface area contributed by atoms with Gasteiger partial charge < -0.3 is 9.80 Å². The molecule has 166 valence electrons. The second kappa shape index (κ2) is 10.9. The molecule has 0 aromatic heterocycles. The van der Waals surface area contributed by atoms with Crippen molar-refractivity contribution in [1.29, 1.82) is 0 Å². The molecule has 0 unspecified atom stereocenters. The Morgan fingerprint density at radius 3 is 2.23 bits per heavy atom. The van der Waals surface area contributed by atoms with Crippen molar-refractivity contribution in [3.8, 4) is 0 Å². The van der Waals surface area contributed by atoms with Gasteiger partial charge in [0.2, 0.25) is 11.8 Å². The molecule has 2 atom stereocenters. The minimum absolute atomic E-state index is 0.0163. The first-order valence-corrected chi connectivity index (χ1v) is 11.9. The van der Waals surface area contributed by atoms with Crippen LogP contribution in [0.1, 0.15) is 63.9 Å². The van der Waals surface area contributed by atoms with Crippen LogP contribution in [0, 0.1) is 5.92 Å². The van der Waals surface area contributed by atoms with Crippen molar-refractivity contribution in [2.24, 2.45) is 5.92 Å². The predicted molar refractivity (Wildman–Crippen MR) is 121 cm³/mol. The van der Waals surface area contributed by atoms with Crippen molar-refractivity contribution in [3.63, 3.8) is 0 Å². The summed E-state index contributed by atoms with van der Waals surface area (Å²) in [5.41, 5.74) is 1.10. The molecule has 5 nitrogen and oxygen atoms in total. The topological polar surface area (TPSA) is 43.9 Å². The Morgan fingerprint density at radius 2 is 1.67 bits per heavy atom. The largest absolute Gasteiger partial charge is 0.344 e. The van der Waals surface area contributed by atoms with Gasteiger partial charge in [0.05, 0.1) is 12.0 Å². The van der Waals surface area contributed by atoms with Gasteiger partial charge in [0.25, 0.3) is 0 Å². The van der Waals surface area contributed by atoms with Crippen LogP contribution in [0.2, 0.25) is 0 Å². The lowest BCUT2D eigenvalue weighted by Gasteiger charge is -2.42.